The fraction of sp³-hybridized carbons (Fsp3) is 0.438. The second-order valence-corrected chi connectivity index (χ2v) is 8.16. The SMILES string of the molecule is CSc1nc2ncnc(N3CCC(C(=O)Nc4cc(C)on4)CC3)c2s1. The molecule has 1 N–H and O–H groups in total. The molecule has 0 atom stereocenters. The van der Waals surface area contributed by atoms with Gasteiger partial charge in [0.05, 0.1) is 0 Å². The number of nitrogens with zero attached hydrogens (tertiary/aromatic N) is 5. The van der Waals surface area contributed by atoms with Crippen molar-refractivity contribution in [1.82, 2.24) is 20.1 Å². The van der Waals surface area contributed by atoms with Crippen LogP contribution in [0.1, 0.15) is 18.6 Å². The number of hydrogen-bond donors (Lipinski definition) is 1. The van der Waals surface area contributed by atoms with Gasteiger partial charge in [0.2, 0.25) is 5.91 Å². The minimum absolute atomic E-state index is 0.00626. The quantitative estimate of drug-likeness (QED) is 0.679. The van der Waals surface area contributed by atoms with Crippen molar-refractivity contribution in [1.29, 1.82) is 0 Å². The predicted octanol–water partition coefficient (Wildman–Crippen LogP) is 2.96. The standard InChI is InChI=1S/C16H18N6O2S2/c1-9-7-11(21-24-9)19-15(23)10-3-5-22(6-4-10)14-12-13(17-8-18-14)20-16(25-2)26-12/h7-8,10H,3-6H2,1-2H3,(H,19,21,23). The predicted molar refractivity (Wildman–Crippen MR) is 102 cm³/mol. The van der Waals surface area contributed by atoms with Gasteiger partial charge in [-0.25, -0.2) is 15.0 Å². The first kappa shape index (κ1) is 17.2. The molecular formula is C16H18N6O2S2. The summed E-state index contributed by atoms with van der Waals surface area (Å²) in [6.45, 7) is 3.34. The average Bonchev–Trinajstić information content (AvgIpc) is 3.27. The van der Waals surface area contributed by atoms with Crippen molar-refractivity contribution in [3.8, 4) is 0 Å². The van der Waals surface area contributed by atoms with E-state index in [2.05, 4.69) is 30.3 Å². The average molecular weight is 390 g/mol. The molecule has 0 saturated carbocycles. The van der Waals surface area contributed by atoms with Gasteiger partial charge in [-0.2, -0.15) is 0 Å². The fourth-order valence-corrected chi connectivity index (χ4v) is 4.57. The maximum Gasteiger partial charge on any atom is 0.228 e. The third-order valence-corrected chi connectivity index (χ3v) is 6.40. The number of anilines is 2. The van der Waals surface area contributed by atoms with Crippen LogP contribution in [0.4, 0.5) is 11.6 Å². The van der Waals surface area contributed by atoms with Crippen LogP contribution in [0.15, 0.2) is 21.3 Å². The Labute approximate surface area is 158 Å². The second-order valence-electron chi connectivity index (χ2n) is 6.11. The van der Waals surface area contributed by atoms with Crippen LogP contribution in [0.3, 0.4) is 0 Å². The van der Waals surface area contributed by atoms with Crippen molar-refractivity contribution in [2.75, 3.05) is 29.6 Å². The molecule has 1 aliphatic rings. The van der Waals surface area contributed by atoms with Crippen molar-refractivity contribution in [3.05, 3.63) is 18.2 Å². The van der Waals surface area contributed by atoms with E-state index in [0.717, 1.165) is 46.4 Å². The highest BCUT2D eigenvalue weighted by molar-refractivity contribution is 8.00. The molecule has 1 fully saturated rings. The molecule has 1 amide bonds. The fourth-order valence-electron chi connectivity index (χ4n) is 3.04. The van der Waals surface area contributed by atoms with Crippen LogP contribution in [0.25, 0.3) is 10.3 Å². The number of thioether (sulfide) groups is 1. The van der Waals surface area contributed by atoms with Crippen LogP contribution in [0.5, 0.6) is 0 Å². The minimum Gasteiger partial charge on any atom is -0.360 e. The molecule has 3 aromatic heterocycles. The van der Waals surface area contributed by atoms with Crippen LogP contribution in [-0.4, -0.2) is 45.4 Å². The summed E-state index contributed by atoms with van der Waals surface area (Å²) in [4.78, 5) is 27.9. The van der Waals surface area contributed by atoms with E-state index < -0.39 is 0 Å². The van der Waals surface area contributed by atoms with Gasteiger partial charge in [0.15, 0.2) is 21.6 Å². The summed E-state index contributed by atoms with van der Waals surface area (Å²) in [5, 5.41) is 6.64. The molecule has 10 heteroatoms. The number of thiazole rings is 1. The molecule has 136 valence electrons. The van der Waals surface area contributed by atoms with Gasteiger partial charge in [0.1, 0.15) is 16.8 Å². The molecule has 1 saturated heterocycles. The number of aryl methyl sites for hydroxylation is 1. The number of rotatable bonds is 4. The molecule has 0 bridgehead atoms. The van der Waals surface area contributed by atoms with E-state index in [1.54, 1.807) is 42.4 Å². The molecule has 4 heterocycles. The normalized spacial score (nSPS) is 15.5. The van der Waals surface area contributed by atoms with Crippen LogP contribution in [0, 0.1) is 12.8 Å². The van der Waals surface area contributed by atoms with Gasteiger partial charge in [0, 0.05) is 25.1 Å². The Morgan fingerprint density at radius 1 is 1.38 bits per heavy atom. The summed E-state index contributed by atoms with van der Waals surface area (Å²) in [6, 6.07) is 1.72. The number of fused-ring (bicyclic) bond motifs is 1. The van der Waals surface area contributed by atoms with Crippen molar-refractivity contribution < 1.29 is 9.32 Å². The zero-order chi connectivity index (χ0) is 18.1. The molecule has 0 aliphatic carbocycles. The number of piperidine rings is 1. The van der Waals surface area contributed by atoms with E-state index in [1.165, 1.54) is 0 Å². The molecule has 0 aromatic carbocycles. The monoisotopic (exact) mass is 390 g/mol. The molecule has 0 spiro atoms. The third kappa shape index (κ3) is 3.38. The number of aromatic nitrogens is 4. The Balaban J connectivity index is 1.43. The molecule has 1 aliphatic heterocycles. The van der Waals surface area contributed by atoms with Crippen molar-refractivity contribution in [3.63, 3.8) is 0 Å². The number of carbonyl (C=O) groups is 1. The van der Waals surface area contributed by atoms with Gasteiger partial charge in [-0.05, 0) is 26.0 Å². The van der Waals surface area contributed by atoms with Gasteiger partial charge < -0.3 is 14.7 Å². The minimum atomic E-state index is -0.0381. The summed E-state index contributed by atoms with van der Waals surface area (Å²) >= 11 is 3.23. The second kappa shape index (κ2) is 7.20. The highest BCUT2D eigenvalue weighted by Gasteiger charge is 2.27. The molecule has 8 nitrogen and oxygen atoms in total. The molecule has 4 rings (SSSR count). The summed E-state index contributed by atoms with van der Waals surface area (Å²) in [6.07, 6.45) is 5.10. The molecule has 0 radical (unpaired) electrons. The van der Waals surface area contributed by atoms with Crippen molar-refractivity contribution in [2.45, 2.75) is 24.1 Å². The van der Waals surface area contributed by atoms with E-state index in [1.807, 2.05) is 6.26 Å². The highest BCUT2D eigenvalue weighted by Crippen LogP contribution is 2.34. The largest absolute Gasteiger partial charge is 0.360 e. The van der Waals surface area contributed by atoms with Crippen LogP contribution < -0.4 is 10.2 Å². The number of hydrogen-bond acceptors (Lipinski definition) is 9. The first-order valence-corrected chi connectivity index (χ1v) is 10.3. The summed E-state index contributed by atoms with van der Waals surface area (Å²) in [5.74, 6) is 2.02. The third-order valence-electron chi connectivity index (χ3n) is 4.37. The maximum atomic E-state index is 12.4. The first-order valence-electron chi connectivity index (χ1n) is 8.28. The lowest BCUT2D eigenvalue weighted by Crippen LogP contribution is -2.38. The van der Waals surface area contributed by atoms with E-state index in [4.69, 9.17) is 4.52 Å². The van der Waals surface area contributed by atoms with Gasteiger partial charge in [-0.1, -0.05) is 16.9 Å². The Hall–Kier alpha value is -2.20. The zero-order valence-corrected chi connectivity index (χ0v) is 16.1. The van der Waals surface area contributed by atoms with E-state index in [-0.39, 0.29) is 11.8 Å². The van der Waals surface area contributed by atoms with E-state index >= 15 is 0 Å². The zero-order valence-electron chi connectivity index (χ0n) is 14.4. The first-order chi connectivity index (χ1) is 12.6. The summed E-state index contributed by atoms with van der Waals surface area (Å²) in [7, 11) is 0. The van der Waals surface area contributed by atoms with Crippen molar-refractivity contribution >= 4 is 51.0 Å². The molecule has 26 heavy (non-hydrogen) atoms. The summed E-state index contributed by atoms with van der Waals surface area (Å²) in [5.41, 5.74) is 0.741. The Morgan fingerprint density at radius 2 is 2.19 bits per heavy atom. The smallest absolute Gasteiger partial charge is 0.228 e. The van der Waals surface area contributed by atoms with Gasteiger partial charge in [-0.3, -0.25) is 4.79 Å². The summed E-state index contributed by atoms with van der Waals surface area (Å²) < 4.78 is 6.98. The van der Waals surface area contributed by atoms with Gasteiger partial charge in [-0.15, -0.1) is 11.3 Å². The number of nitrogens with one attached hydrogen (secondary N) is 1. The molecule has 3 aromatic rings. The number of amides is 1. The van der Waals surface area contributed by atoms with E-state index in [9.17, 15) is 4.79 Å². The Kier molecular flexibility index (Phi) is 4.77. The maximum absolute atomic E-state index is 12.4. The highest BCUT2D eigenvalue weighted by atomic mass is 32.2. The van der Waals surface area contributed by atoms with Gasteiger partial charge in [0.25, 0.3) is 0 Å². The molecule has 0 unspecified atom stereocenters. The van der Waals surface area contributed by atoms with Crippen molar-refractivity contribution in [2.24, 2.45) is 5.92 Å². The Bertz CT molecular complexity index is 932. The van der Waals surface area contributed by atoms with Crippen LogP contribution in [-0.2, 0) is 4.79 Å². The lowest BCUT2D eigenvalue weighted by molar-refractivity contribution is -0.120. The lowest BCUT2D eigenvalue weighted by atomic mass is 9.96. The van der Waals surface area contributed by atoms with Crippen LogP contribution >= 0.6 is 23.1 Å². The van der Waals surface area contributed by atoms with Crippen LogP contribution in [0.2, 0.25) is 0 Å². The molecular weight excluding hydrogens is 372 g/mol. The number of carbonyl (C=O) groups excluding carboxylic acids is 1. The van der Waals surface area contributed by atoms with E-state index in [0.29, 0.717) is 11.6 Å². The topological polar surface area (TPSA) is 97.0 Å². The van der Waals surface area contributed by atoms with Gasteiger partial charge >= 0.3 is 0 Å². The Morgan fingerprint density at radius 3 is 2.88 bits per heavy atom. The lowest BCUT2D eigenvalue weighted by Gasteiger charge is -2.32.